The number of rotatable bonds is 8. The van der Waals surface area contributed by atoms with Crippen LogP contribution in [0, 0.1) is 5.92 Å². The van der Waals surface area contributed by atoms with E-state index in [-0.39, 0.29) is 0 Å². The number of ether oxygens (including phenoxy) is 1. The Balaban J connectivity index is 1.90. The summed E-state index contributed by atoms with van der Waals surface area (Å²) in [5, 5.41) is 14.9. The molecule has 2 rings (SSSR count). The molecule has 1 N–H and O–H groups in total. The molecule has 6 heteroatoms. The van der Waals surface area contributed by atoms with Crippen molar-refractivity contribution in [3.8, 4) is 0 Å². The Morgan fingerprint density at radius 2 is 2.24 bits per heavy atom. The largest absolute Gasteiger partial charge is 0.387 e. The van der Waals surface area contributed by atoms with E-state index in [1.165, 1.54) is 0 Å². The summed E-state index contributed by atoms with van der Waals surface area (Å²) in [5.74, 6) is 0.556. The van der Waals surface area contributed by atoms with Crippen molar-refractivity contribution in [1.29, 1.82) is 0 Å². The number of halogens is 1. The van der Waals surface area contributed by atoms with E-state index >= 15 is 0 Å². The second kappa shape index (κ2) is 7.72. The highest BCUT2D eigenvalue weighted by Gasteiger charge is 2.32. The maximum absolute atomic E-state index is 10.5. The van der Waals surface area contributed by atoms with Gasteiger partial charge in [0, 0.05) is 13.2 Å². The molecule has 1 aliphatic carbocycles. The van der Waals surface area contributed by atoms with Gasteiger partial charge in [0.15, 0.2) is 0 Å². The van der Waals surface area contributed by atoms with Crippen molar-refractivity contribution < 1.29 is 9.84 Å². The first-order valence-electron chi connectivity index (χ1n) is 7.66. The van der Waals surface area contributed by atoms with Crippen LogP contribution in [0.1, 0.15) is 38.0 Å². The van der Waals surface area contributed by atoms with Gasteiger partial charge in [-0.1, -0.05) is 0 Å². The van der Waals surface area contributed by atoms with Crippen LogP contribution in [-0.2, 0) is 11.3 Å². The van der Waals surface area contributed by atoms with Gasteiger partial charge in [-0.15, -0.1) is 0 Å². The molecule has 0 amide bonds. The summed E-state index contributed by atoms with van der Waals surface area (Å²) in [6.45, 7) is 4.51. The Bertz CT molecular complexity index is 444. The molecule has 1 aliphatic rings. The summed E-state index contributed by atoms with van der Waals surface area (Å²) in [7, 11) is 4.08. The van der Waals surface area contributed by atoms with E-state index in [4.69, 9.17) is 4.74 Å². The highest BCUT2D eigenvalue weighted by atomic mass is 79.9. The fourth-order valence-corrected chi connectivity index (χ4v) is 3.40. The maximum Gasteiger partial charge on any atom is 0.0970 e. The normalized spacial score (nSPS) is 23.3. The minimum absolute atomic E-state index is 0.397. The van der Waals surface area contributed by atoms with Gasteiger partial charge >= 0.3 is 0 Å². The van der Waals surface area contributed by atoms with Gasteiger partial charge in [0.05, 0.1) is 35.1 Å². The van der Waals surface area contributed by atoms with Crippen molar-refractivity contribution in [3.05, 3.63) is 16.4 Å². The molecular weight excluding hydrogens is 334 g/mol. The number of nitrogens with zero attached hydrogens (tertiary/aromatic N) is 3. The third kappa shape index (κ3) is 4.52. The molecule has 120 valence electrons. The van der Waals surface area contributed by atoms with Crippen molar-refractivity contribution in [3.63, 3.8) is 0 Å². The van der Waals surface area contributed by atoms with Crippen LogP contribution in [0.4, 0.5) is 0 Å². The molecule has 1 aromatic rings. The number of aromatic nitrogens is 2. The summed E-state index contributed by atoms with van der Waals surface area (Å²) in [6.07, 6.45) is 4.63. The highest BCUT2D eigenvalue weighted by Crippen LogP contribution is 2.38. The van der Waals surface area contributed by atoms with Crippen molar-refractivity contribution in [1.82, 2.24) is 14.7 Å². The third-order valence-electron chi connectivity index (χ3n) is 4.06. The molecule has 1 heterocycles. The molecule has 1 fully saturated rings. The Morgan fingerprint density at radius 1 is 1.52 bits per heavy atom. The number of hydrogen-bond acceptors (Lipinski definition) is 4. The van der Waals surface area contributed by atoms with Crippen molar-refractivity contribution in [2.45, 2.75) is 44.9 Å². The summed E-state index contributed by atoms with van der Waals surface area (Å²) < 4.78 is 8.39. The van der Waals surface area contributed by atoms with Gasteiger partial charge in [-0.3, -0.25) is 4.68 Å². The number of hydrogen-bond donors (Lipinski definition) is 1. The first-order chi connectivity index (χ1) is 10.0. The Morgan fingerprint density at radius 3 is 2.86 bits per heavy atom. The summed E-state index contributed by atoms with van der Waals surface area (Å²) in [6, 6.07) is 0. The topological polar surface area (TPSA) is 50.5 Å². The van der Waals surface area contributed by atoms with Crippen molar-refractivity contribution in [2.75, 3.05) is 27.2 Å². The van der Waals surface area contributed by atoms with E-state index in [9.17, 15) is 5.11 Å². The van der Waals surface area contributed by atoms with Gasteiger partial charge in [-0.2, -0.15) is 5.10 Å². The van der Waals surface area contributed by atoms with Crippen LogP contribution in [0.25, 0.3) is 0 Å². The zero-order valence-electron chi connectivity index (χ0n) is 13.1. The molecular formula is C15H26BrN3O2. The molecule has 0 saturated heterocycles. The molecule has 1 unspecified atom stereocenters. The lowest BCUT2D eigenvalue weighted by Gasteiger charge is -2.36. The number of aliphatic hydroxyl groups is 1. The monoisotopic (exact) mass is 359 g/mol. The first-order valence-corrected chi connectivity index (χ1v) is 8.46. The lowest BCUT2D eigenvalue weighted by atomic mass is 9.78. The van der Waals surface area contributed by atoms with Gasteiger partial charge < -0.3 is 14.7 Å². The third-order valence-corrected chi connectivity index (χ3v) is 4.67. The standard InChI is InChI=1S/C15H26BrN3O2/c1-4-21-12-7-11(8-12)9-14(20)15-13(16)10-17-19(15)6-5-18(2)3/h10-12,14,20H,4-9H2,1-3H3. The van der Waals surface area contributed by atoms with Crippen LogP contribution in [0.2, 0.25) is 0 Å². The lowest BCUT2D eigenvalue weighted by Crippen LogP contribution is -2.32. The van der Waals surface area contributed by atoms with Gasteiger partial charge in [0.1, 0.15) is 0 Å². The minimum atomic E-state index is -0.461. The molecule has 0 bridgehead atoms. The average Bonchev–Trinajstić information content (AvgIpc) is 2.75. The molecule has 1 atom stereocenters. The van der Waals surface area contributed by atoms with Crippen LogP contribution < -0.4 is 0 Å². The minimum Gasteiger partial charge on any atom is -0.387 e. The molecule has 1 saturated carbocycles. The molecule has 1 aromatic heterocycles. The molecule has 0 radical (unpaired) electrons. The lowest BCUT2D eigenvalue weighted by molar-refractivity contribution is -0.0388. The van der Waals surface area contributed by atoms with Crippen LogP contribution in [0.15, 0.2) is 10.7 Å². The van der Waals surface area contributed by atoms with Crippen molar-refractivity contribution >= 4 is 15.9 Å². The van der Waals surface area contributed by atoms with E-state index in [1.54, 1.807) is 6.20 Å². The molecule has 0 spiro atoms. The maximum atomic E-state index is 10.5. The smallest absolute Gasteiger partial charge is 0.0970 e. The van der Waals surface area contributed by atoms with E-state index in [0.29, 0.717) is 12.0 Å². The Labute approximate surface area is 135 Å². The zero-order valence-corrected chi connectivity index (χ0v) is 14.7. The van der Waals surface area contributed by atoms with Gasteiger partial charge in [0.2, 0.25) is 0 Å². The van der Waals surface area contributed by atoms with Gasteiger partial charge in [-0.25, -0.2) is 0 Å². The summed E-state index contributed by atoms with van der Waals surface area (Å²) in [4.78, 5) is 2.12. The second-order valence-electron chi connectivity index (χ2n) is 6.07. The molecule has 5 nitrogen and oxygen atoms in total. The first kappa shape index (κ1) is 16.9. The van der Waals surface area contributed by atoms with Crippen LogP contribution in [0.3, 0.4) is 0 Å². The van der Waals surface area contributed by atoms with Crippen LogP contribution >= 0.6 is 15.9 Å². The van der Waals surface area contributed by atoms with Crippen molar-refractivity contribution in [2.24, 2.45) is 5.92 Å². The predicted molar refractivity (Wildman–Crippen MR) is 86.2 cm³/mol. The Hall–Kier alpha value is -0.430. The van der Waals surface area contributed by atoms with Gasteiger partial charge in [0.25, 0.3) is 0 Å². The fourth-order valence-electron chi connectivity index (χ4n) is 2.84. The van der Waals surface area contributed by atoms with E-state index in [1.807, 2.05) is 25.7 Å². The SMILES string of the molecule is CCOC1CC(CC(O)c2c(Br)cnn2CCN(C)C)C1. The fraction of sp³-hybridized carbons (Fsp3) is 0.800. The second-order valence-corrected chi connectivity index (χ2v) is 6.92. The quantitative estimate of drug-likeness (QED) is 0.774. The predicted octanol–water partition coefficient (Wildman–Crippen LogP) is 2.45. The molecule has 0 aromatic carbocycles. The summed E-state index contributed by atoms with van der Waals surface area (Å²) in [5.41, 5.74) is 0.900. The average molecular weight is 360 g/mol. The Kier molecular flexibility index (Phi) is 6.22. The van der Waals surface area contributed by atoms with Crippen LogP contribution in [0.5, 0.6) is 0 Å². The summed E-state index contributed by atoms with van der Waals surface area (Å²) >= 11 is 3.51. The van der Waals surface area contributed by atoms with E-state index < -0.39 is 6.10 Å². The van der Waals surface area contributed by atoms with Gasteiger partial charge in [-0.05, 0) is 62.1 Å². The van der Waals surface area contributed by atoms with Crippen LogP contribution in [-0.4, -0.2) is 53.1 Å². The highest BCUT2D eigenvalue weighted by molar-refractivity contribution is 9.10. The van der Waals surface area contributed by atoms with E-state index in [2.05, 4.69) is 25.9 Å². The number of likely N-dealkylation sites (N-methyl/N-ethyl adjacent to an activating group) is 1. The number of aliphatic hydroxyl groups excluding tert-OH is 1. The van der Waals surface area contributed by atoms with E-state index in [0.717, 1.165) is 49.1 Å². The zero-order chi connectivity index (χ0) is 15.4. The molecule has 0 aliphatic heterocycles. The molecule has 21 heavy (non-hydrogen) atoms.